The molecule has 0 spiro atoms. The second kappa shape index (κ2) is 10.2. The molecule has 2 aliphatic heterocycles. The van der Waals surface area contributed by atoms with Crippen LogP contribution in [-0.4, -0.2) is 40.0 Å². The van der Waals surface area contributed by atoms with E-state index in [4.69, 9.17) is 9.47 Å². The molecule has 0 saturated carbocycles. The smallest absolute Gasteiger partial charge is 0.257 e. The van der Waals surface area contributed by atoms with Gasteiger partial charge in [0.15, 0.2) is 0 Å². The largest absolute Gasteiger partial charge is 0.497 e. The monoisotopic (exact) mass is 644 g/mol. The van der Waals surface area contributed by atoms with E-state index in [1.807, 2.05) is 24.8 Å². The number of aromatic nitrogens is 4. The van der Waals surface area contributed by atoms with Crippen molar-refractivity contribution in [3.63, 3.8) is 0 Å². The molecule has 47 heavy (non-hydrogen) atoms. The van der Waals surface area contributed by atoms with Gasteiger partial charge in [0.1, 0.15) is 11.5 Å². The van der Waals surface area contributed by atoms with Crippen molar-refractivity contribution in [3.8, 4) is 22.9 Å². The molecule has 0 N–H and O–H groups in total. The number of hydrogen-bond donors (Lipinski definition) is 0. The van der Waals surface area contributed by atoms with Gasteiger partial charge < -0.3 is 18.6 Å². The number of nitrogens with zero attached hydrogens (tertiary/aromatic N) is 4. The quantitative estimate of drug-likeness (QED) is 0.193. The Morgan fingerprint density at radius 1 is 0.532 bits per heavy atom. The number of rotatable bonds is 4. The minimum absolute atomic E-state index is 0.0705. The van der Waals surface area contributed by atoms with Crippen LogP contribution in [0.1, 0.15) is 0 Å². The number of fused-ring (bicyclic) bond motifs is 9. The van der Waals surface area contributed by atoms with Crippen molar-refractivity contribution < 1.29 is 9.47 Å². The van der Waals surface area contributed by atoms with E-state index in [2.05, 4.69) is 110 Å². The third kappa shape index (κ3) is 3.72. The molecule has 0 unspecified atom stereocenters. The molecule has 224 valence electrons. The van der Waals surface area contributed by atoms with Gasteiger partial charge in [-0.15, -0.1) is 0 Å². The van der Waals surface area contributed by atoms with Crippen LogP contribution in [-0.2, 0) is 0 Å². The van der Waals surface area contributed by atoms with Crippen LogP contribution in [0.2, 0.25) is 0 Å². The number of ether oxygens (including phenoxy) is 2. The number of hydrogen-bond acceptors (Lipinski definition) is 6. The minimum Gasteiger partial charge on any atom is -0.497 e. The molecule has 2 aliphatic rings. The lowest BCUT2D eigenvalue weighted by Gasteiger charge is -2.34. The predicted molar refractivity (Wildman–Crippen MR) is 192 cm³/mol. The molecule has 0 atom stereocenters. The Balaban J connectivity index is 1.30. The fourth-order valence-electron chi connectivity index (χ4n) is 7.57. The lowest BCUT2D eigenvalue weighted by atomic mass is 9.36. The molecule has 4 aromatic carbocycles. The molecule has 0 aliphatic carbocycles. The summed E-state index contributed by atoms with van der Waals surface area (Å²) in [6.45, 7) is -0.0705. The number of benzene rings is 4. The van der Waals surface area contributed by atoms with E-state index in [1.165, 1.54) is 32.8 Å². The molecule has 4 aromatic heterocycles. The van der Waals surface area contributed by atoms with Crippen molar-refractivity contribution in [1.82, 2.24) is 19.1 Å². The van der Waals surface area contributed by atoms with E-state index < -0.39 is 0 Å². The average Bonchev–Trinajstić information content (AvgIpc) is 3.64. The van der Waals surface area contributed by atoms with E-state index >= 15 is 0 Å². The predicted octanol–water partition coefficient (Wildman–Crippen LogP) is 6.98. The zero-order valence-electron chi connectivity index (χ0n) is 25.5. The van der Waals surface area contributed by atoms with Crippen molar-refractivity contribution >= 4 is 79.5 Å². The van der Waals surface area contributed by atoms with Gasteiger partial charge >= 0.3 is 0 Å². The summed E-state index contributed by atoms with van der Waals surface area (Å²) in [5.74, 6) is 1.63. The van der Waals surface area contributed by atoms with Crippen molar-refractivity contribution in [3.05, 3.63) is 116 Å². The van der Waals surface area contributed by atoms with Gasteiger partial charge in [0, 0.05) is 60.7 Å². The summed E-state index contributed by atoms with van der Waals surface area (Å²) in [6, 6.07) is 32.6. The Morgan fingerprint density at radius 3 is 1.72 bits per heavy atom. The molecule has 10 rings (SSSR count). The first-order chi connectivity index (χ1) is 23.2. The fraction of sp³-hybridized carbons (Fsp3) is 0.0526. The summed E-state index contributed by atoms with van der Waals surface area (Å²) in [5.41, 5.74) is 10.4. The van der Waals surface area contributed by atoms with Crippen LogP contribution in [0.3, 0.4) is 0 Å². The summed E-state index contributed by atoms with van der Waals surface area (Å²) >= 11 is 3.47. The van der Waals surface area contributed by atoms with Gasteiger partial charge in [0.2, 0.25) is 0 Å². The summed E-state index contributed by atoms with van der Waals surface area (Å²) in [5, 5.41) is 2.39. The molecular weight excluding hydrogens is 619 g/mol. The third-order valence-electron chi connectivity index (χ3n) is 9.41. The Morgan fingerprint density at radius 2 is 1.06 bits per heavy atom. The lowest BCUT2D eigenvalue weighted by molar-refractivity contribution is 0.414. The summed E-state index contributed by atoms with van der Waals surface area (Å²) in [4.78, 5) is 13.7. The van der Waals surface area contributed by atoms with Gasteiger partial charge in [-0.05, 0) is 46.7 Å². The van der Waals surface area contributed by atoms with Crippen LogP contribution in [0.15, 0.2) is 135 Å². The number of pyridine rings is 2. The van der Waals surface area contributed by atoms with Gasteiger partial charge in [-0.25, -0.2) is 0 Å². The first kappa shape index (κ1) is 27.0. The Bertz CT molecular complexity index is 2570. The first-order valence-electron chi connectivity index (χ1n) is 15.4. The Hall–Kier alpha value is -5.12. The van der Waals surface area contributed by atoms with Gasteiger partial charge in [-0.3, -0.25) is 9.97 Å². The van der Waals surface area contributed by atoms with Crippen LogP contribution < -0.4 is 25.9 Å². The lowest BCUT2D eigenvalue weighted by Crippen LogP contribution is -2.58. The summed E-state index contributed by atoms with van der Waals surface area (Å²) in [6.07, 6.45) is 7.72. The van der Waals surface area contributed by atoms with E-state index in [1.54, 1.807) is 37.7 Å². The molecule has 0 amide bonds. The van der Waals surface area contributed by atoms with Gasteiger partial charge in [-0.1, -0.05) is 78.1 Å². The highest BCUT2D eigenvalue weighted by Crippen LogP contribution is 2.44. The second-order valence-corrected chi connectivity index (χ2v) is 13.9. The normalized spacial score (nSPS) is 13.1. The molecule has 6 heterocycles. The maximum absolute atomic E-state index is 6.33. The van der Waals surface area contributed by atoms with Crippen LogP contribution >= 0.6 is 23.5 Å². The maximum atomic E-state index is 6.33. The van der Waals surface area contributed by atoms with E-state index in [9.17, 15) is 0 Å². The highest BCUT2D eigenvalue weighted by atomic mass is 32.2. The molecule has 0 bridgehead atoms. The molecule has 0 saturated heterocycles. The Labute approximate surface area is 279 Å². The maximum Gasteiger partial charge on any atom is 0.257 e. The SMILES string of the molecule is COc1cncc2c1B1c3c(OC)cc(-n4c5ccccc5c5c4c4ccccc4n5-c4ccccc4)cc3Sc3cncc(c31)S2. The highest BCUT2D eigenvalue weighted by Gasteiger charge is 2.42. The molecule has 0 radical (unpaired) electrons. The van der Waals surface area contributed by atoms with E-state index in [-0.39, 0.29) is 6.71 Å². The minimum atomic E-state index is -0.0705. The average molecular weight is 645 g/mol. The van der Waals surface area contributed by atoms with Crippen molar-refractivity contribution in [2.45, 2.75) is 19.6 Å². The molecule has 0 fully saturated rings. The van der Waals surface area contributed by atoms with E-state index in [0.29, 0.717) is 0 Å². The summed E-state index contributed by atoms with van der Waals surface area (Å²) < 4.78 is 17.1. The molecule has 9 heteroatoms. The zero-order chi connectivity index (χ0) is 31.2. The van der Waals surface area contributed by atoms with Gasteiger partial charge in [0.25, 0.3) is 6.71 Å². The third-order valence-corrected chi connectivity index (χ3v) is 11.6. The van der Waals surface area contributed by atoms with E-state index in [0.717, 1.165) is 58.9 Å². The second-order valence-electron chi connectivity index (χ2n) is 11.7. The van der Waals surface area contributed by atoms with Crippen LogP contribution in [0.4, 0.5) is 0 Å². The molecule has 8 aromatic rings. The first-order valence-corrected chi connectivity index (χ1v) is 17.0. The van der Waals surface area contributed by atoms with Crippen molar-refractivity contribution in [1.29, 1.82) is 0 Å². The zero-order valence-corrected chi connectivity index (χ0v) is 27.1. The van der Waals surface area contributed by atoms with Crippen molar-refractivity contribution in [2.24, 2.45) is 0 Å². The molecular formula is C38H25BN4O2S2. The van der Waals surface area contributed by atoms with Crippen LogP contribution in [0.5, 0.6) is 11.5 Å². The van der Waals surface area contributed by atoms with Crippen molar-refractivity contribution in [2.75, 3.05) is 14.2 Å². The number of methoxy groups -OCH3 is 2. The fourth-order valence-corrected chi connectivity index (χ4v) is 9.96. The van der Waals surface area contributed by atoms with Crippen LogP contribution in [0, 0.1) is 0 Å². The van der Waals surface area contributed by atoms with Gasteiger partial charge in [0.05, 0.1) is 48.2 Å². The van der Waals surface area contributed by atoms with Crippen LogP contribution in [0.25, 0.3) is 44.2 Å². The number of para-hydroxylation sites is 3. The molecule has 6 nitrogen and oxygen atoms in total. The van der Waals surface area contributed by atoms with Gasteiger partial charge in [-0.2, -0.15) is 0 Å². The Kier molecular flexibility index (Phi) is 5.86. The summed E-state index contributed by atoms with van der Waals surface area (Å²) in [7, 11) is 3.50. The standard InChI is InChI=1S/C38H25BN4O2S2/c1-44-28-16-23(17-30-34(28)39-35-29(45-2)18-40-19-31(35)47-33-21-41-20-32(46-30)36(33)39)43-27-15-9-7-13-25(27)37-38(43)24-12-6-8-14-26(24)42(37)22-10-4-3-5-11-22/h3-21H,1-2H3. The highest BCUT2D eigenvalue weighted by molar-refractivity contribution is 8.01. The topological polar surface area (TPSA) is 54.1 Å².